The number of hydrogen-bond acceptors (Lipinski definition) is 1. The normalized spacial score (nSPS) is 10.5. The largest absolute Gasteiger partial charge is 0.477 e. The topological polar surface area (TPSA) is 42.2 Å². The Balaban J connectivity index is 2.59. The van der Waals surface area contributed by atoms with Gasteiger partial charge in [0.2, 0.25) is 0 Å². The average molecular weight is 362 g/mol. The van der Waals surface area contributed by atoms with Crippen molar-refractivity contribution in [1.29, 1.82) is 0 Å². The summed E-state index contributed by atoms with van der Waals surface area (Å²) in [5.41, 5.74) is 1.95. The second-order valence-electron chi connectivity index (χ2n) is 3.65. The third-order valence-corrected chi connectivity index (χ3v) is 3.44. The highest BCUT2D eigenvalue weighted by Crippen LogP contribution is 2.22. The van der Waals surface area contributed by atoms with Crippen molar-refractivity contribution in [2.24, 2.45) is 0 Å². The second-order valence-corrected chi connectivity index (χ2v) is 5.31. The Morgan fingerprint density at radius 2 is 2.12 bits per heavy atom. The van der Waals surface area contributed by atoms with E-state index in [1.807, 2.05) is 19.1 Å². The van der Waals surface area contributed by atoms with Crippen molar-refractivity contribution < 1.29 is 9.90 Å². The van der Waals surface area contributed by atoms with Crippen molar-refractivity contribution in [3.63, 3.8) is 0 Å². The smallest absolute Gasteiger partial charge is 0.352 e. The Bertz CT molecular complexity index is 592. The first-order valence-electron chi connectivity index (χ1n) is 4.87. The van der Waals surface area contributed by atoms with Gasteiger partial charge in [0.15, 0.2) is 0 Å². The molecule has 0 spiro atoms. The van der Waals surface area contributed by atoms with Gasteiger partial charge in [-0.05, 0) is 53.3 Å². The maximum atomic E-state index is 11.1. The van der Waals surface area contributed by atoms with Crippen LogP contribution in [-0.4, -0.2) is 15.6 Å². The van der Waals surface area contributed by atoms with Gasteiger partial charge >= 0.3 is 5.97 Å². The molecule has 2 aromatic rings. The van der Waals surface area contributed by atoms with E-state index < -0.39 is 5.97 Å². The molecule has 0 unspecified atom stereocenters. The van der Waals surface area contributed by atoms with Crippen molar-refractivity contribution in [3.8, 4) is 5.69 Å². The Morgan fingerprint density at radius 1 is 1.41 bits per heavy atom. The van der Waals surface area contributed by atoms with Crippen LogP contribution in [0.5, 0.6) is 0 Å². The van der Waals surface area contributed by atoms with E-state index in [0.717, 1.165) is 14.8 Å². The van der Waals surface area contributed by atoms with Crippen LogP contribution < -0.4 is 0 Å². The van der Waals surface area contributed by atoms with Crippen LogP contribution in [-0.2, 0) is 0 Å². The first-order valence-corrected chi connectivity index (χ1v) is 6.32. The number of benzene rings is 1. The Morgan fingerprint density at radius 3 is 2.71 bits per heavy atom. The van der Waals surface area contributed by atoms with E-state index in [1.54, 1.807) is 22.9 Å². The highest BCUT2D eigenvalue weighted by molar-refractivity contribution is 14.1. The number of aromatic nitrogens is 1. The summed E-state index contributed by atoms with van der Waals surface area (Å²) in [4.78, 5) is 11.1. The van der Waals surface area contributed by atoms with Gasteiger partial charge in [-0.25, -0.2) is 4.79 Å². The summed E-state index contributed by atoms with van der Waals surface area (Å²) in [6, 6.07) is 7.11. The maximum absolute atomic E-state index is 11.1. The fourth-order valence-corrected chi connectivity index (χ4v) is 2.29. The highest BCUT2D eigenvalue weighted by atomic mass is 127. The van der Waals surface area contributed by atoms with Crippen molar-refractivity contribution in [2.75, 3.05) is 0 Å². The first kappa shape index (κ1) is 12.4. The number of rotatable bonds is 2. The molecule has 1 N–H and O–H groups in total. The molecule has 1 heterocycles. The lowest BCUT2D eigenvalue weighted by Crippen LogP contribution is -2.05. The molecule has 0 amide bonds. The fraction of sp³-hybridized carbons (Fsp3) is 0.0833. The predicted molar refractivity (Wildman–Crippen MR) is 75.2 cm³/mol. The Labute approximate surface area is 117 Å². The number of carbonyl (C=O) groups is 1. The summed E-state index contributed by atoms with van der Waals surface area (Å²) in [6.07, 6.45) is 1.77. The van der Waals surface area contributed by atoms with Gasteiger partial charge < -0.3 is 9.67 Å². The van der Waals surface area contributed by atoms with Gasteiger partial charge in [0.1, 0.15) is 5.69 Å². The number of halogens is 2. The quantitative estimate of drug-likeness (QED) is 0.828. The Kier molecular flexibility index (Phi) is 3.44. The van der Waals surface area contributed by atoms with Gasteiger partial charge in [-0.1, -0.05) is 17.7 Å². The number of aromatic carboxylic acids is 1. The van der Waals surface area contributed by atoms with Crippen LogP contribution in [0.2, 0.25) is 5.02 Å². The van der Waals surface area contributed by atoms with Gasteiger partial charge in [-0.15, -0.1) is 0 Å². The van der Waals surface area contributed by atoms with Crippen LogP contribution >= 0.6 is 34.2 Å². The van der Waals surface area contributed by atoms with E-state index >= 15 is 0 Å². The van der Waals surface area contributed by atoms with Gasteiger partial charge in [0.25, 0.3) is 0 Å². The number of aryl methyl sites for hydroxylation is 1. The van der Waals surface area contributed by atoms with Crippen molar-refractivity contribution >= 4 is 40.2 Å². The van der Waals surface area contributed by atoms with E-state index in [1.165, 1.54) is 0 Å². The lowest BCUT2D eigenvalue weighted by molar-refractivity contribution is 0.0688. The molecule has 3 nitrogen and oxygen atoms in total. The third-order valence-electron chi connectivity index (χ3n) is 2.44. The minimum Gasteiger partial charge on any atom is -0.477 e. The lowest BCUT2D eigenvalue weighted by Gasteiger charge is -2.07. The minimum absolute atomic E-state index is 0.231. The van der Waals surface area contributed by atoms with E-state index in [2.05, 4.69) is 22.6 Å². The summed E-state index contributed by atoms with van der Waals surface area (Å²) in [5, 5.41) is 9.73. The van der Waals surface area contributed by atoms with Crippen LogP contribution in [0.15, 0.2) is 30.5 Å². The van der Waals surface area contributed by atoms with E-state index in [4.69, 9.17) is 16.7 Å². The number of nitrogens with zero attached hydrogens (tertiary/aromatic N) is 1. The van der Waals surface area contributed by atoms with Gasteiger partial charge in [-0.2, -0.15) is 0 Å². The second kappa shape index (κ2) is 4.70. The van der Waals surface area contributed by atoms with Crippen LogP contribution in [0.4, 0.5) is 0 Å². The van der Waals surface area contributed by atoms with E-state index in [-0.39, 0.29) is 5.69 Å². The van der Waals surface area contributed by atoms with Crippen LogP contribution in [0.3, 0.4) is 0 Å². The molecule has 1 aromatic heterocycles. The molecule has 0 saturated carbocycles. The molecule has 17 heavy (non-hydrogen) atoms. The summed E-state index contributed by atoms with van der Waals surface area (Å²) in [6.45, 7) is 1.91. The zero-order valence-electron chi connectivity index (χ0n) is 8.95. The molecule has 88 valence electrons. The summed E-state index contributed by atoms with van der Waals surface area (Å²) in [7, 11) is 0. The summed E-state index contributed by atoms with van der Waals surface area (Å²) in [5.74, 6) is -0.954. The number of hydrogen-bond donors (Lipinski definition) is 1. The molecule has 0 aliphatic carbocycles. The van der Waals surface area contributed by atoms with Gasteiger partial charge in [-0.3, -0.25) is 0 Å². The molecule has 2 rings (SSSR count). The number of carboxylic acids is 1. The molecule has 1 aromatic carbocycles. The van der Waals surface area contributed by atoms with Crippen molar-refractivity contribution in [3.05, 3.63) is 50.3 Å². The summed E-state index contributed by atoms with van der Waals surface area (Å²) >= 11 is 8.12. The fourth-order valence-electron chi connectivity index (χ4n) is 1.54. The first-order chi connectivity index (χ1) is 7.99. The molecular formula is C12H9ClINO2. The molecule has 5 heteroatoms. The van der Waals surface area contributed by atoms with Crippen molar-refractivity contribution in [1.82, 2.24) is 4.57 Å². The molecule has 0 aliphatic heterocycles. The number of carboxylic acid groups (broad SMARTS) is 1. The van der Waals surface area contributed by atoms with E-state index in [0.29, 0.717) is 5.02 Å². The third kappa shape index (κ3) is 2.47. The molecule has 0 radical (unpaired) electrons. The van der Waals surface area contributed by atoms with Gasteiger partial charge in [0, 0.05) is 20.5 Å². The van der Waals surface area contributed by atoms with Gasteiger partial charge in [0.05, 0.1) is 0 Å². The molecule has 0 bridgehead atoms. The van der Waals surface area contributed by atoms with E-state index in [9.17, 15) is 4.79 Å². The SMILES string of the molecule is Cc1ccc(-n2cc(I)cc2C(=O)O)cc1Cl. The Hall–Kier alpha value is -1.01. The van der Waals surface area contributed by atoms with Crippen LogP contribution in [0.1, 0.15) is 16.1 Å². The van der Waals surface area contributed by atoms with Crippen LogP contribution in [0, 0.1) is 10.5 Å². The monoisotopic (exact) mass is 361 g/mol. The molecule has 0 saturated heterocycles. The lowest BCUT2D eigenvalue weighted by atomic mass is 10.2. The molecule has 0 atom stereocenters. The van der Waals surface area contributed by atoms with Crippen LogP contribution in [0.25, 0.3) is 5.69 Å². The predicted octanol–water partition coefficient (Wildman–Crippen LogP) is 3.74. The standard InChI is InChI=1S/C12H9ClINO2/c1-7-2-3-9(5-10(7)13)15-6-8(14)4-11(15)12(16)17/h2-6H,1H3,(H,16,17). The zero-order valence-corrected chi connectivity index (χ0v) is 11.9. The maximum Gasteiger partial charge on any atom is 0.352 e. The highest BCUT2D eigenvalue weighted by Gasteiger charge is 2.13. The summed E-state index contributed by atoms with van der Waals surface area (Å²) < 4.78 is 2.49. The minimum atomic E-state index is -0.954. The zero-order chi connectivity index (χ0) is 12.6. The molecule has 0 aliphatic rings. The molecular weight excluding hydrogens is 352 g/mol. The average Bonchev–Trinajstić information content (AvgIpc) is 2.64. The van der Waals surface area contributed by atoms with Crippen molar-refractivity contribution in [2.45, 2.75) is 6.92 Å². The molecule has 0 fully saturated rings.